The number of benzene rings is 1. The van der Waals surface area contributed by atoms with Crippen molar-refractivity contribution < 1.29 is 9.53 Å². The minimum Gasteiger partial charge on any atom is -0.482 e. The van der Waals surface area contributed by atoms with Gasteiger partial charge < -0.3 is 9.64 Å². The highest BCUT2D eigenvalue weighted by atomic mass is 35.5. The topological polar surface area (TPSA) is 29.5 Å². The molecule has 2 atom stereocenters. The molecule has 0 saturated carbocycles. The summed E-state index contributed by atoms with van der Waals surface area (Å²) in [5.74, 6) is 1.73. The molecule has 1 aliphatic heterocycles. The van der Waals surface area contributed by atoms with Crippen molar-refractivity contribution in [3.8, 4) is 5.75 Å². The summed E-state index contributed by atoms with van der Waals surface area (Å²) in [7, 11) is 0. The van der Waals surface area contributed by atoms with Gasteiger partial charge in [0.25, 0.3) is 5.91 Å². The van der Waals surface area contributed by atoms with E-state index in [0.717, 1.165) is 13.1 Å². The van der Waals surface area contributed by atoms with Crippen molar-refractivity contribution in [2.45, 2.75) is 20.3 Å². The van der Waals surface area contributed by atoms with Gasteiger partial charge in [-0.3, -0.25) is 4.79 Å². The third-order valence-corrected chi connectivity index (χ3v) is 3.72. The van der Waals surface area contributed by atoms with Gasteiger partial charge in [-0.15, -0.1) is 0 Å². The Kier molecular flexibility index (Phi) is 4.70. The van der Waals surface area contributed by atoms with Crippen LogP contribution in [0.25, 0.3) is 0 Å². The predicted molar refractivity (Wildman–Crippen MR) is 76.5 cm³/mol. The Labute approximate surface area is 119 Å². The molecule has 2 unspecified atom stereocenters. The van der Waals surface area contributed by atoms with E-state index >= 15 is 0 Å². The Morgan fingerprint density at radius 2 is 1.95 bits per heavy atom. The van der Waals surface area contributed by atoms with Crippen LogP contribution in [-0.4, -0.2) is 30.5 Å². The van der Waals surface area contributed by atoms with E-state index in [1.54, 1.807) is 12.1 Å². The summed E-state index contributed by atoms with van der Waals surface area (Å²) in [5, 5.41) is 0.538. The van der Waals surface area contributed by atoms with E-state index in [0.29, 0.717) is 22.6 Å². The third kappa shape index (κ3) is 3.87. The Balaban J connectivity index is 1.89. The number of carbonyl (C=O) groups is 1. The van der Waals surface area contributed by atoms with Crippen LogP contribution in [0.4, 0.5) is 0 Å². The SMILES string of the molecule is CC1CC(C)CN(C(=O)COc2ccccc2Cl)C1. The van der Waals surface area contributed by atoms with Crippen LogP contribution in [0, 0.1) is 11.8 Å². The molecule has 2 rings (SSSR count). The number of para-hydroxylation sites is 1. The fourth-order valence-corrected chi connectivity index (χ4v) is 2.85. The summed E-state index contributed by atoms with van der Waals surface area (Å²) in [6, 6.07) is 7.21. The lowest BCUT2D eigenvalue weighted by molar-refractivity contribution is -0.136. The normalized spacial score (nSPS) is 23.2. The largest absolute Gasteiger partial charge is 0.482 e. The molecular formula is C15H20ClNO2. The number of nitrogens with zero attached hydrogens (tertiary/aromatic N) is 1. The van der Waals surface area contributed by atoms with E-state index in [9.17, 15) is 4.79 Å². The minimum atomic E-state index is 0.0401. The molecule has 3 nitrogen and oxygen atoms in total. The van der Waals surface area contributed by atoms with Gasteiger partial charge in [-0.25, -0.2) is 0 Å². The summed E-state index contributed by atoms with van der Waals surface area (Å²) in [5.41, 5.74) is 0. The molecule has 0 radical (unpaired) electrons. The number of halogens is 1. The number of likely N-dealkylation sites (tertiary alicyclic amines) is 1. The van der Waals surface area contributed by atoms with Crippen LogP contribution >= 0.6 is 11.6 Å². The number of hydrogen-bond donors (Lipinski definition) is 0. The Hall–Kier alpha value is -1.22. The molecule has 1 amide bonds. The molecule has 1 heterocycles. The van der Waals surface area contributed by atoms with Crippen molar-refractivity contribution in [3.05, 3.63) is 29.3 Å². The lowest BCUT2D eigenvalue weighted by atomic mass is 9.92. The van der Waals surface area contributed by atoms with Gasteiger partial charge >= 0.3 is 0 Å². The van der Waals surface area contributed by atoms with Gasteiger partial charge in [0.15, 0.2) is 6.61 Å². The molecule has 1 aromatic rings. The number of ether oxygens (including phenoxy) is 1. The Morgan fingerprint density at radius 3 is 2.58 bits per heavy atom. The highest BCUT2D eigenvalue weighted by Crippen LogP contribution is 2.24. The standard InChI is InChI=1S/C15H20ClNO2/c1-11-7-12(2)9-17(8-11)15(18)10-19-14-6-4-3-5-13(14)16/h3-6,11-12H,7-10H2,1-2H3. The molecule has 19 heavy (non-hydrogen) atoms. The van der Waals surface area contributed by atoms with Crippen LogP contribution < -0.4 is 4.74 Å². The average Bonchev–Trinajstić information content (AvgIpc) is 2.36. The average molecular weight is 282 g/mol. The summed E-state index contributed by atoms with van der Waals surface area (Å²) >= 11 is 5.99. The Morgan fingerprint density at radius 1 is 1.32 bits per heavy atom. The van der Waals surface area contributed by atoms with E-state index in [1.807, 2.05) is 17.0 Å². The molecule has 1 saturated heterocycles. The lowest BCUT2D eigenvalue weighted by Gasteiger charge is -2.34. The van der Waals surface area contributed by atoms with Crippen LogP contribution in [0.2, 0.25) is 5.02 Å². The molecular weight excluding hydrogens is 262 g/mol. The van der Waals surface area contributed by atoms with Crippen molar-refractivity contribution >= 4 is 17.5 Å². The quantitative estimate of drug-likeness (QED) is 0.851. The second-order valence-electron chi connectivity index (χ2n) is 5.46. The van der Waals surface area contributed by atoms with Gasteiger partial charge in [0.2, 0.25) is 0 Å². The maximum Gasteiger partial charge on any atom is 0.260 e. The highest BCUT2D eigenvalue weighted by Gasteiger charge is 2.25. The summed E-state index contributed by atoms with van der Waals surface area (Å²) in [6.07, 6.45) is 1.19. The smallest absolute Gasteiger partial charge is 0.260 e. The molecule has 1 fully saturated rings. The third-order valence-electron chi connectivity index (χ3n) is 3.41. The first-order chi connectivity index (χ1) is 9.06. The Bertz CT molecular complexity index is 440. The zero-order valence-electron chi connectivity index (χ0n) is 11.4. The predicted octanol–water partition coefficient (Wildman–Crippen LogP) is 3.22. The zero-order valence-corrected chi connectivity index (χ0v) is 12.2. The zero-order chi connectivity index (χ0) is 13.8. The number of rotatable bonds is 3. The van der Waals surface area contributed by atoms with E-state index in [-0.39, 0.29) is 12.5 Å². The van der Waals surface area contributed by atoms with E-state index < -0.39 is 0 Å². The van der Waals surface area contributed by atoms with E-state index in [2.05, 4.69) is 13.8 Å². The van der Waals surface area contributed by atoms with E-state index in [4.69, 9.17) is 16.3 Å². The molecule has 0 N–H and O–H groups in total. The van der Waals surface area contributed by atoms with Crippen LogP contribution in [0.15, 0.2) is 24.3 Å². The van der Waals surface area contributed by atoms with Crippen molar-refractivity contribution in [3.63, 3.8) is 0 Å². The van der Waals surface area contributed by atoms with Crippen molar-refractivity contribution in [1.29, 1.82) is 0 Å². The first-order valence-corrected chi connectivity index (χ1v) is 7.09. The van der Waals surface area contributed by atoms with Gasteiger partial charge in [0.1, 0.15) is 5.75 Å². The molecule has 104 valence electrons. The van der Waals surface area contributed by atoms with Gasteiger partial charge in [0.05, 0.1) is 5.02 Å². The van der Waals surface area contributed by atoms with Crippen molar-refractivity contribution in [2.24, 2.45) is 11.8 Å². The first kappa shape index (κ1) is 14.2. The number of hydrogen-bond acceptors (Lipinski definition) is 2. The van der Waals surface area contributed by atoms with Crippen molar-refractivity contribution in [2.75, 3.05) is 19.7 Å². The molecule has 0 bridgehead atoms. The summed E-state index contributed by atoms with van der Waals surface area (Å²) in [6.45, 7) is 6.09. The molecule has 4 heteroatoms. The van der Waals surface area contributed by atoms with Gasteiger partial charge in [-0.1, -0.05) is 37.6 Å². The molecule has 1 aliphatic rings. The van der Waals surface area contributed by atoms with Crippen LogP contribution in [0.1, 0.15) is 20.3 Å². The molecule has 0 aliphatic carbocycles. The number of carbonyl (C=O) groups excluding carboxylic acids is 1. The van der Waals surface area contributed by atoms with Gasteiger partial charge in [-0.2, -0.15) is 0 Å². The van der Waals surface area contributed by atoms with Gasteiger partial charge in [0, 0.05) is 13.1 Å². The summed E-state index contributed by atoms with van der Waals surface area (Å²) < 4.78 is 5.50. The molecule has 1 aromatic carbocycles. The second kappa shape index (κ2) is 6.29. The minimum absolute atomic E-state index is 0.0401. The monoisotopic (exact) mass is 281 g/mol. The van der Waals surface area contributed by atoms with E-state index in [1.165, 1.54) is 6.42 Å². The second-order valence-corrected chi connectivity index (χ2v) is 5.87. The number of piperidine rings is 1. The lowest BCUT2D eigenvalue weighted by Crippen LogP contribution is -2.44. The molecule has 0 spiro atoms. The molecule has 0 aromatic heterocycles. The van der Waals surface area contributed by atoms with Gasteiger partial charge in [-0.05, 0) is 30.4 Å². The maximum atomic E-state index is 12.1. The number of amides is 1. The fourth-order valence-electron chi connectivity index (χ4n) is 2.66. The first-order valence-electron chi connectivity index (χ1n) is 6.71. The van der Waals surface area contributed by atoms with Crippen molar-refractivity contribution in [1.82, 2.24) is 4.90 Å². The fraction of sp³-hybridized carbons (Fsp3) is 0.533. The maximum absolute atomic E-state index is 12.1. The highest BCUT2D eigenvalue weighted by molar-refractivity contribution is 6.32. The summed E-state index contributed by atoms with van der Waals surface area (Å²) in [4.78, 5) is 14.0. The van der Waals surface area contributed by atoms with Crippen LogP contribution in [0.5, 0.6) is 5.75 Å². The van der Waals surface area contributed by atoms with Crippen LogP contribution in [-0.2, 0) is 4.79 Å². The van der Waals surface area contributed by atoms with Crippen LogP contribution in [0.3, 0.4) is 0 Å².